The first-order valence-corrected chi connectivity index (χ1v) is 10.3. The molecule has 3 aromatic heterocycles. The van der Waals surface area contributed by atoms with Crippen LogP contribution in [-0.4, -0.2) is 42.6 Å². The number of carbonyl (C=O) groups is 1. The predicted molar refractivity (Wildman–Crippen MR) is 111 cm³/mol. The van der Waals surface area contributed by atoms with Crippen LogP contribution in [0.1, 0.15) is 43.7 Å². The number of carbonyl (C=O) groups excluding carboxylic acids is 1. The largest absolute Gasteiger partial charge is 0.369 e. The highest BCUT2D eigenvalue weighted by Crippen LogP contribution is 2.42. The lowest BCUT2D eigenvalue weighted by Gasteiger charge is -2.38. The summed E-state index contributed by atoms with van der Waals surface area (Å²) < 4.78 is 1.80. The standard InChI is InChI=1S/C20H26N6OS/c1-12-6-15-18(22-11-23-19(15)28-12)21-8-13-7-16(27)26(20(2,3)4)17(13)14-9-24-25(5)10-14/h6,9-11,13,17H,7-8H2,1-5H3,(H,21,22,23)/t13-,17+/m0/s1. The smallest absolute Gasteiger partial charge is 0.223 e. The summed E-state index contributed by atoms with van der Waals surface area (Å²) in [5, 5.41) is 8.87. The van der Waals surface area contributed by atoms with Gasteiger partial charge in [0.1, 0.15) is 17.0 Å². The molecule has 0 saturated carbocycles. The van der Waals surface area contributed by atoms with Gasteiger partial charge < -0.3 is 10.2 Å². The third-order valence-corrected chi connectivity index (χ3v) is 6.16. The van der Waals surface area contributed by atoms with Gasteiger partial charge >= 0.3 is 0 Å². The lowest BCUT2D eigenvalue weighted by molar-refractivity contribution is -0.133. The number of aromatic nitrogens is 4. The highest BCUT2D eigenvalue weighted by atomic mass is 32.1. The van der Waals surface area contributed by atoms with Gasteiger partial charge in [-0.3, -0.25) is 9.48 Å². The van der Waals surface area contributed by atoms with Crippen LogP contribution in [-0.2, 0) is 11.8 Å². The molecule has 4 heterocycles. The van der Waals surface area contributed by atoms with Crippen molar-refractivity contribution in [2.45, 2.75) is 45.7 Å². The van der Waals surface area contributed by atoms with E-state index in [2.05, 4.69) is 54.1 Å². The fourth-order valence-electron chi connectivity index (χ4n) is 4.13. The van der Waals surface area contributed by atoms with Crippen LogP contribution in [0.25, 0.3) is 10.2 Å². The number of likely N-dealkylation sites (tertiary alicyclic amines) is 1. The fourth-order valence-corrected chi connectivity index (χ4v) is 4.98. The first-order valence-electron chi connectivity index (χ1n) is 9.50. The SMILES string of the molecule is Cc1cc2c(NC[C@@H]3CC(=O)N(C(C)(C)C)[C@H]3c3cnn(C)c3)ncnc2s1. The van der Waals surface area contributed by atoms with Crippen molar-refractivity contribution in [3.8, 4) is 0 Å². The highest BCUT2D eigenvalue weighted by molar-refractivity contribution is 7.18. The van der Waals surface area contributed by atoms with Crippen molar-refractivity contribution in [2.75, 3.05) is 11.9 Å². The molecule has 0 radical (unpaired) electrons. The molecule has 0 aliphatic carbocycles. The van der Waals surface area contributed by atoms with Gasteiger partial charge in [0, 0.05) is 48.1 Å². The number of nitrogens with zero attached hydrogens (tertiary/aromatic N) is 5. The van der Waals surface area contributed by atoms with E-state index in [1.54, 1.807) is 22.3 Å². The average Bonchev–Trinajstić information content (AvgIpc) is 3.28. The average molecular weight is 399 g/mol. The molecule has 0 bridgehead atoms. The zero-order valence-electron chi connectivity index (χ0n) is 16.9. The number of thiophene rings is 1. The molecule has 3 aromatic rings. The van der Waals surface area contributed by atoms with Gasteiger partial charge in [-0.25, -0.2) is 9.97 Å². The Bertz CT molecular complexity index is 1020. The van der Waals surface area contributed by atoms with Crippen molar-refractivity contribution in [3.63, 3.8) is 0 Å². The molecule has 28 heavy (non-hydrogen) atoms. The number of hydrogen-bond acceptors (Lipinski definition) is 6. The number of fused-ring (bicyclic) bond motifs is 1. The normalized spacial score (nSPS) is 20.3. The zero-order valence-corrected chi connectivity index (χ0v) is 17.7. The lowest BCUT2D eigenvalue weighted by Crippen LogP contribution is -2.44. The van der Waals surface area contributed by atoms with Crippen LogP contribution >= 0.6 is 11.3 Å². The van der Waals surface area contributed by atoms with Crippen LogP contribution in [0.5, 0.6) is 0 Å². The minimum atomic E-state index is -0.251. The molecule has 0 spiro atoms. The molecule has 2 atom stereocenters. The summed E-state index contributed by atoms with van der Waals surface area (Å²) in [5.74, 6) is 1.16. The molecule has 4 rings (SSSR count). The van der Waals surface area contributed by atoms with Crippen molar-refractivity contribution in [1.82, 2.24) is 24.6 Å². The van der Waals surface area contributed by atoms with Gasteiger partial charge in [0.25, 0.3) is 0 Å². The Kier molecular flexibility index (Phi) is 4.61. The van der Waals surface area contributed by atoms with Crippen LogP contribution < -0.4 is 5.32 Å². The molecule has 1 saturated heterocycles. The summed E-state index contributed by atoms with van der Waals surface area (Å²) >= 11 is 1.66. The Morgan fingerprint density at radius 1 is 1.32 bits per heavy atom. The molecule has 1 amide bonds. The topological polar surface area (TPSA) is 75.9 Å². The summed E-state index contributed by atoms with van der Waals surface area (Å²) in [4.78, 5) is 25.9. The molecule has 1 fully saturated rings. The second-order valence-corrected chi connectivity index (χ2v) is 9.70. The van der Waals surface area contributed by atoms with E-state index in [-0.39, 0.29) is 23.4 Å². The molecule has 1 aliphatic heterocycles. The number of anilines is 1. The van der Waals surface area contributed by atoms with Gasteiger partial charge in [-0.05, 0) is 33.8 Å². The van der Waals surface area contributed by atoms with E-state index >= 15 is 0 Å². The molecule has 0 unspecified atom stereocenters. The van der Waals surface area contributed by atoms with E-state index in [1.165, 1.54) is 4.88 Å². The fraction of sp³-hybridized carbons (Fsp3) is 0.500. The maximum Gasteiger partial charge on any atom is 0.223 e. The maximum absolute atomic E-state index is 12.9. The zero-order chi connectivity index (χ0) is 20.1. The third kappa shape index (κ3) is 3.37. The summed E-state index contributed by atoms with van der Waals surface area (Å²) in [6.07, 6.45) is 6.00. The second-order valence-electron chi connectivity index (χ2n) is 8.47. The molecule has 148 valence electrons. The van der Waals surface area contributed by atoms with Gasteiger partial charge in [-0.15, -0.1) is 11.3 Å². The van der Waals surface area contributed by atoms with E-state index in [4.69, 9.17) is 0 Å². The van der Waals surface area contributed by atoms with Crippen LogP contribution in [0.15, 0.2) is 24.8 Å². The van der Waals surface area contributed by atoms with Crippen molar-refractivity contribution < 1.29 is 4.79 Å². The maximum atomic E-state index is 12.9. The Morgan fingerprint density at radius 2 is 2.11 bits per heavy atom. The van der Waals surface area contributed by atoms with Gasteiger partial charge in [-0.1, -0.05) is 0 Å². The first kappa shape index (κ1) is 18.9. The monoisotopic (exact) mass is 398 g/mol. The summed E-state index contributed by atoms with van der Waals surface area (Å²) in [6.45, 7) is 9.01. The number of aryl methyl sites for hydroxylation is 2. The second kappa shape index (κ2) is 6.84. The Morgan fingerprint density at radius 3 is 2.79 bits per heavy atom. The number of rotatable bonds is 4. The third-order valence-electron chi connectivity index (χ3n) is 5.20. The van der Waals surface area contributed by atoms with Crippen LogP contribution in [0, 0.1) is 12.8 Å². The Labute approximate surface area is 168 Å². The molecular formula is C20H26N6OS. The van der Waals surface area contributed by atoms with Gasteiger partial charge in [0.2, 0.25) is 5.91 Å². The van der Waals surface area contributed by atoms with Crippen LogP contribution in [0.3, 0.4) is 0 Å². The molecule has 0 aromatic carbocycles. The van der Waals surface area contributed by atoms with Crippen molar-refractivity contribution in [2.24, 2.45) is 13.0 Å². The van der Waals surface area contributed by atoms with E-state index in [0.29, 0.717) is 13.0 Å². The van der Waals surface area contributed by atoms with E-state index in [9.17, 15) is 4.79 Å². The number of hydrogen-bond donors (Lipinski definition) is 1. The summed E-state index contributed by atoms with van der Waals surface area (Å²) in [6, 6.07) is 2.11. The molecule has 8 heteroatoms. The summed E-state index contributed by atoms with van der Waals surface area (Å²) in [5.41, 5.74) is 0.827. The number of amides is 1. The Balaban J connectivity index is 1.63. The van der Waals surface area contributed by atoms with Crippen LogP contribution in [0.4, 0.5) is 5.82 Å². The summed E-state index contributed by atoms with van der Waals surface area (Å²) in [7, 11) is 1.91. The van der Waals surface area contributed by atoms with Crippen LogP contribution in [0.2, 0.25) is 0 Å². The minimum absolute atomic E-state index is 0.00441. The van der Waals surface area contributed by atoms with E-state index < -0.39 is 0 Å². The predicted octanol–water partition coefficient (Wildman–Crippen LogP) is 3.53. The van der Waals surface area contributed by atoms with Crippen molar-refractivity contribution in [1.29, 1.82) is 0 Å². The number of nitrogens with one attached hydrogen (secondary N) is 1. The van der Waals surface area contributed by atoms with Gasteiger partial charge in [0.05, 0.1) is 17.6 Å². The minimum Gasteiger partial charge on any atom is -0.369 e. The van der Waals surface area contributed by atoms with E-state index in [1.807, 2.05) is 24.3 Å². The molecular weight excluding hydrogens is 372 g/mol. The van der Waals surface area contributed by atoms with Gasteiger partial charge in [-0.2, -0.15) is 5.10 Å². The molecule has 7 nitrogen and oxygen atoms in total. The molecule has 1 N–H and O–H groups in total. The highest BCUT2D eigenvalue weighted by Gasteiger charge is 2.45. The van der Waals surface area contributed by atoms with Crippen molar-refractivity contribution in [3.05, 3.63) is 35.2 Å². The van der Waals surface area contributed by atoms with Gasteiger partial charge in [0.15, 0.2) is 0 Å². The molecule has 1 aliphatic rings. The van der Waals surface area contributed by atoms with E-state index in [0.717, 1.165) is 21.6 Å². The first-order chi connectivity index (χ1) is 13.2. The lowest BCUT2D eigenvalue weighted by atomic mass is 9.93. The Hall–Kier alpha value is -2.48. The quantitative estimate of drug-likeness (QED) is 0.728. The van der Waals surface area contributed by atoms with Crippen molar-refractivity contribution >= 4 is 33.3 Å².